The number of ether oxygens (including phenoxy) is 2. The highest BCUT2D eigenvalue weighted by atomic mass is 32.1. The van der Waals surface area contributed by atoms with E-state index >= 15 is 0 Å². The maximum atomic E-state index is 12.8. The number of amides is 1. The highest BCUT2D eigenvalue weighted by molar-refractivity contribution is 7.18. The van der Waals surface area contributed by atoms with Crippen molar-refractivity contribution in [3.8, 4) is 11.3 Å². The Morgan fingerprint density at radius 3 is 2.45 bits per heavy atom. The van der Waals surface area contributed by atoms with E-state index in [1.54, 1.807) is 26.8 Å². The minimum atomic E-state index is -0.686. The van der Waals surface area contributed by atoms with Gasteiger partial charge in [-0.05, 0) is 38.5 Å². The number of hydrogen-bond acceptors (Lipinski definition) is 9. The van der Waals surface area contributed by atoms with Crippen LogP contribution in [0.5, 0.6) is 0 Å². The number of nitrogens with zero attached hydrogens (tertiary/aromatic N) is 1. The second-order valence-electron chi connectivity index (χ2n) is 6.63. The van der Waals surface area contributed by atoms with E-state index in [0.717, 1.165) is 11.3 Å². The number of anilines is 1. The van der Waals surface area contributed by atoms with Gasteiger partial charge < -0.3 is 19.2 Å². The van der Waals surface area contributed by atoms with Crippen molar-refractivity contribution in [2.45, 2.75) is 20.8 Å². The van der Waals surface area contributed by atoms with Crippen LogP contribution in [0.2, 0.25) is 0 Å². The lowest BCUT2D eigenvalue weighted by Gasteiger charge is -2.06. The molecule has 172 valence electrons. The Bertz CT molecular complexity index is 1230. The molecule has 0 fully saturated rings. The predicted octanol–water partition coefficient (Wildman–Crippen LogP) is 4.83. The summed E-state index contributed by atoms with van der Waals surface area (Å²) < 4.78 is 15.7. The van der Waals surface area contributed by atoms with Gasteiger partial charge in [0.15, 0.2) is 5.76 Å². The summed E-state index contributed by atoms with van der Waals surface area (Å²) in [6, 6.07) is 8.70. The van der Waals surface area contributed by atoms with Crippen molar-refractivity contribution in [1.82, 2.24) is 0 Å². The van der Waals surface area contributed by atoms with Crippen LogP contribution in [-0.2, 0) is 9.47 Å². The summed E-state index contributed by atoms with van der Waals surface area (Å²) in [5.74, 6) is -1.81. The molecule has 3 rings (SSSR count). The number of furan rings is 1. The van der Waals surface area contributed by atoms with Crippen LogP contribution in [0.3, 0.4) is 0 Å². The fourth-order valence-electron chi connectivity index (χ4n) is 2.99. The highest BCUT2D eigenvalue weighted by Crippen LogP contribution is 2.35. The van der Waals surface area contributed by atoms with Gasteiger partial charge in [-0.15, -0.1) is 11.3 Å². The fraction of sp³-hybridized carbons (Fsp3) is 0.227. The minimum absolute atomic E-state index is 0.0590. The zero-order valence-electron chi connectivity index (χ0n) is 18.0. The number of hydrogen-bond donors (Lipinski definition) is 1. The van der Waals surface area contributed by atoms with Gasteiger partial charge in [-0.25, -0.2) is 9.59 Å². The Morgan fingerprint density at radius 2 is 1.79 bits per heavy atom. The molecule has 11 heteroatoms. The van der Waals surface area contributed by atoms with Crippen molar-refractivity contribution in [3.63, 3.8) is 0 Å². The van der Waals surface area contributed by atoms with Crippen LogP contribution >= 0.6 is 11.3 Å². The number of nitro benzene ring substituents is 1. The van der Waals surface area contributed by atoms with E-state index in [-0.39, 0.29) is 45.9 Å². The SMILES string of the molecule is CCOC(=O)c1sc(NC(=O)c2ccc(-c3cccc([N+](=O)[O-])c3)o2)c(C(=O)OCC)c1C. The number of esters is 2. The zero-order valence-corrected chi connectivity index (χ0v) is 18.8. The fourth-order valence-corrected chi connectivity index (χ4v) is 4.08. The first-order chi connectivity index (χ1) is 15.8. The molecule has 10 nitrogen and oxygen atoms in total. The summed E-state index contributed by atoms with van der Waals surface area (Å²) in [5.41, 5.74) is 0.703. The molecule has 2 aromatic heterocycles. The van der Waals surface area contributed by atoms with Crippen molar-refractivity contribution < 1.29 is 33.2 Å². The molecule has 1 amide bonds. The molecule has 0 radical (unpaired) electrons. The lowest BCUT2D eigenvalue weighted by atomic mass is 10.1. The number of nitro groups is 1. The molecule has 0 unspecified atom stereocenters. The lowest BCUT2D eigenvalue weighted by Crippen LogP contribution is -2.14. The van der Waals surface area contributed by atoms with Crippen LogP contribution in [0.1, 0.15) is 50.0 Å². The van der Waals surface area contributed by atoms with Crippen molar-refractivity contribution in [2.24, 2.45) is 0 Å². The van der Waals surface area contributed by atoms with Crippen LogP contribution in [0.25, 0.3) is 11.3 Å². The van der Waals surface area contributed by atoms with Crippen LogP contribution in [0, 0.1) is 17.0 Å². The third-order valence-electron chi connectivity index (χ3n) is 4.49. The molecule has 0 aliphatic rings. The van der Waals surface area contributed by atoms with E-state index in [0.29, 0.717) is 11.1 Å². The van der Waals surface area contributed by atoms with Gasteiger partial charge in [-0.1, -0.05) is 12.1 Å². The number of rotatable bonds is 8. The van der Waals surface area contributed by atoms with E-state index in [9.17, 15) is 24.5 Å². The normalized spacial score (nSPS) is 10.5. The number of non-ortho nitro benzene ring substituents is 1. The predicted molar refractivity (Wildman–Crippen MR) is 120 cm³/mol. The molecule has 2 heterocycles. The second kappa shape index (κ2) is 10.1. The van der Waals surface area contributed by atoms with Gasteiger partial charge >= 0.3 is 11.9 Å². The standard InChI is InChI=1S/C22H20N2O8S/c1-4-30-21(26)17-12(3)18(22(27)31-5-2)33-20(17)23-19(25)16-10-9-15(32-16)13-7-6-8-14(11-13)24(28)29/h6-11H,4-5H2,1-3H3,(H,23,25). The molecular weight excluding hydrogens is 452 g/mol. The third kappa shape index (κ3) is 5.09. The largest absolute Gasteiger partial charge is 0.462 e. The maximum Gasteiger partial charge on any atom is 0.348 e. The summed E-state index contributed by atoms with van der Waals surface area (Å²) in [5, 5.41) is 13.7. The van der Waals surface area contributed by atoms with Gasteiger partial charge in [0.25, 0.3) is 11.6 Å². The van der Waals surface area contributed by atoms with E-state index in [1.165, 1.54) is 30.3 Å². The Kier molecular flexibility index (Phi) is 7.23. The molecule has 33 heavy (non-hydrogen) atoms. The maximum absolute atomic E-state index is 12.8. The van der Waals surface area contributed by atoms with Crippen molar-refractivity contribution in [3.05, 3.63) is 68.3 Å². The zero-order chi connectivity index (χ0) is 24.1. The second-order valence-corrected chi connectivity index (χ2v) is 7.65. The number of nitrogens with one attached hydrogen (secondary N) is 1. The Labute approximate surface area is 192 Å². The van der Waals surface area contributed by atoms with E-state index in [2.05, 4.69) is 5.32 Å². The van der Waals surface area contributed by atoms with Crippen molar-refractivity contribution in [2.75, 3.05) is 18.5 Å². The molecule has 1 aromatic carbocycles. The van der Waals surface area contributed by atoms with Crippen LogP contribution in [0.15, 0.2) is 40.8 Å². The van der Waals surface area contributed by atoms with Gasteiger partial charge in [0.1, 0.15) is 15.6 Å². The van der Waals surface area contributed by atoms with Crippen molar-refractivity contribution in [1.29, 1.82) is 0 Å². The molecule has 0 saturated carbocycles. The van der Waals surface area contributed by atoms with Crippen LogP contribution in [-0.4, -0.2) is 36.0 Å². The van der Waals surface area contributed by atoms with Crippen LogP contribution in [0.4, 0.5) is 10.7 Å². The lowest BCUT2D eigenvalue weighted by molar-refractivity contribution is -0.384. The monoisotopic (exact) mass is 472 g/mol. The average Bonchev–Trinajstić information content (AvgIpc) is 3.39. The molecular formula is C22H20N2O8S. The first-order valence-electron chi connectivity index (χ1n) is 9.90. The first-order valence-corrected chi connectivity index (χ1v) is 10.7. The van der Waals surface area contributed by atoms with Gasteiger partial charge in [0, 0.05) is 17.7 Å². The molecule has 0 saturated heterocycles. The number of thiophene rings is 1. The van der Waals surface area contributed by atoms with Gasteiger partial charge in [-0.2, -0.15) is 0 Å². The molecule has 0 aliphatic heterocycles. The van der Waals surface area contributed by atoms with Crippen molar-refractivity contribution >= 4 is 39.9 Å². The molecule has 0 bridgehead atoms. The molecule has 0 spiro atoms. The smallest absolute Gasteiger partial charge is 0.348 e. The molecule has 3 aromatic rings. The number of benzene rings is 1. The Morgan fingerprint density at radius 1 is 1.09 bits per heavy atom. The number of carbonyl (C=O) groups is 3. The average molecular weight is 472 g/mol. The van der Waals surface area contributed by atoms with Crippen LogP contribution < -0.4 is 5.32 Å². The molecule has 0 aliphatic carbocycles. The summed E-state index contributed by atoms with van der Waals surface area (Å²) in [6.07, 6.45) is 0. The summed E-state index contributed by atoms with van der Waals surface area (Å²) in [7, 11) is 0. The Balaban J connectivity index is 1.90. The Hall–Kier alpha value is -3.99. The van der Waals surface area contributed by atoms with E-state index < -0.39 is 22.8 Å². The number of carbonyl (C=O) groups excluding carboxylic acids is 3. The molecule has 1 N–H and O–H groups in total. The summed E-state index contributed by atoms with van der Waals surface area (Å²) in [4.78, 5) is 48.2. The van der Waals surface area contributed by atoms with Gasteiger partial charge in [0.05, 0.1) is 23.7 Å². The van der Waals surface area contributed by atoms with Gasteiger partial charge in [0.2, 0.25) is 0 Å². The summed E-state index contributed by atoms with van der Waals surface area (Å²) >= 11 is 0.896. The highest BCUT2D eigenvalue weighted by Gasteiger charge is 2.28. The molecule has 0 atom stereocenters. The minimum Gasteiger partial charge on any atom is -0.462 e. The summed E-state index contributed by atoms with van der Waals surface area (Å²) in [6.45, 7) is 5.13. The topological polar surface area (TPSA) is 138 Å². The quantitative estimate of drug-likeness (QED) is 0.279. The van der Waals surface area contributed by atoms with Gasteiger partial charge in [-0.3, -0.25) is 14.9 Å². The third-order valence-corrected chi connectivity index (χ3v) is 5.67. The van der Waals surface area contributed by atoms with E-state index in [1.807, 2.05) is 0 Å². The van der Waals surface area contributed by atoms with E-state index in [4.69, 9.17) is 13.9 Å². The first kappa shape index (κ1) is 23.7.